The number of nitrogens with one attached hydrogen (secondary N) is 1. The van der Waals surface area contributed by atoms with E-state index in [9.17, 15) is 4.79 Å². The summed E-state index contributed by atoms with van der Waals surface area (Å²) >= 11 is 3.59. The smallest absolute Gasteiger partial charge is 0.248 e. The highest BCUT2D eigenvalue weighted by molar-refractivity contribution is 9.10. The van der Waals surface area contributed by atoms with Crippen LogP contribution in [0.1, 0.15) is 44.7 Å². The Hall–Kier alpha value is -2.42. The number of rotatable bonds is 5. The Bertz CT molecular complexity index is 924. The number of ether oxygens (including phenoxy) is 2. The SMILES string of the molecule is CCOc1cc(C2C3=C(CCCC3=O)Nc3nnnn32)cc(Br)c1OCC. The van der Waals surface area contributed by atoms with Crippen LogP contribution in [0.15, 0.2) is 27.9 Å². The first-order valence-electron chi connectivity index (χ1n) is 9.04. The van der Waals surface area contributed by atoms with Gasteiger partial charge in [0, 0.05) is 17.7 Å². The molecule has 27 heavy (non-hydrogen) atoms. The van der Waals surface area contributed by atoms with Gasteiger partial charge in [-0.25, -0.2) is 0 Å². The Balaban J connectivity index is 1.88. The van der Waals surface area contributed by atoms with Crippen molar-refractivity contribution in [1.29, 1.82) is 0 Å². The van der Waals surface area contributed by atoms with Crippen molar-refractivity contribution in [3.8, 4) is 11.5 Å². The number of fused-ring (bicyclic) bond motifs is 1. The maximum atomic E-state index is 12.8. The van der Waals surface area contributed by atoms with Gasteiger partial charge < -0.3 is 14.8 Å². The van der Waals surface area contributed by atoms with Crippen LogP contribution in [-0.2, 0) is 4.79 Å². The van der Waals surface area contributed by atoms with Crippen LogP contribution in [0.3, 0.4) is 0 Å². The van der Waals surface area contributed by atoms with Crippen LogP contribution in [-0.4, -0.2) is 39.2 Å². The molecular formula is C18H20BrN5O3. The molecule has 0 saturated carbocycles. The molecule has 8 nitrogen and oxygen atoms in total. The van der Waals surface area contributed by atoms with Crippen molar-refractivity contribution in [3.63, 3.8) is 0 Å². The summed E-state index contributed by atoms with van der Waals surface area (Å²) in [6.45, 7) is 4.88. The maximum absolute atomic E-state index is 12.8. The molecule has 0 amide bonds. The number of halogens is 1. The molecule has 0 fully saturated rings. The molecule has 2 aliphatic rings. The minimum atomic E-state index is -0.398. The Morgan fingerprint density at radius 2 is 2.07 bits per heavy atom. The minimum Gasteiger partial charge on any atom is -0.490 e. The molecule has 1 aliphatic carbocycles. The van der Waals surface area contributed by atoms with E-state index >= 15 is 0 Å². The summed E-state index contributed by atoms with van der Waals surface area (Å²) in [5.41, 5.74) is 2.49. The van der Waals surface area contributed by atoms with Gasteiger partial charge in [0.1, 0.15) is 6.04 Å². The Labute approximate surface area is 165 Å². The standard InChI is InChI=1S/C18H20BrN5O3/c1-3-26-14-9-10(8-11(19)17(14)27-4-2)16-15-12(6-5-7-13(15)25)20-18-21-22-23-24(16)18/h8-9,16H,3-7H2,1-2H3,(H,20,21,23). The van der Waals surface area contributed by atoms with Gasteiger partial charge in [-0.15, -0.1) is 0 Å². The molecule has 0 radical (unpaired) electrons. The molecule has 0 bridgehead atoms. The predicted molar refractivity (Wildman–Crippen MR) is 102 cm³/mol. The third-order valence-electron chi connectivity index (χ3n) is 4.67. The first-order chi connectivity index (χ1) is 13.1. The van der Waals surface area contributed by atoms with Gasteiger partial charge in [-0.1, -0.05) is 5.10 Å². The maximum Gasteiger partial charge on any atom is 0.248 e. The van der Waals surface area contributed by atoms with E-state index in [-0.39, 0.29) is 5.78 Å². The van der Waals surface area contributed by atoms with Gasteiger partial charge in [0.05, 0.1) is 17.7 Å². The molecule has 1 unspecified atom stereocenters. The van der Waals surface area contributed by atoms with E-state index in [4.69, 9.17) is 9.47 Å². The Morgan fingerprint density at radius 3 is 2.85 bits per heavy atom. The normalized spacial score (nSPS) is 18.6. The number of ketones is 1. The monoisotopic (exact) mass is 433 g/mol. The van der Waals surface area contributed by atoms with E-state index in [1.54, 1.807) is 4.68 Å². The summed E-state index contributed by atoms with van der Waals surface area (Å²) in [7, 11) is 0. The second kappa shape index (κ2) is 7.30. The first kappa shape index (κ1) is 18.0. The van der Waals surface area contributed by atoms with E-state index < -0.39 is 6.04 Å². The number of aromatic nitrogens is 4. The summed E-state index contributed by atoms with van der Waals surface area (Å²) in [6.07, 6.45) is 2.17. The molecule has 0 saturated heterocycles. The van der Waals surface area contributed by atoms with Crippen LogP contribution in [0.4, 0.5) is 5.95 Å². The molecule has 1 aliphatic heterocycles. The van der Waals surface area contributed by atoms with Gasteiger partial charge in [-0.2, -0.15) is 4.68 Å². The number of nitrogens with zero attached hydrogens (tertiary/aromatic N) is 4. The average Bonchev–Trinajstić information content (AvgIpc) is 3.11. The second-order valence-corrected chi connectivity index (χ2v) is 7.19. The highest BCUT2D eigenvalue weighted by Gasteiger charge is 2.37. The molecule has 4 rings (SSSR count). The van der Waals surface area contributed by atoms with E-state index in [2.05, 4.69) is 36.8 Å². The van der Waals surface area contributed by atoms with Gasteiger partial charge in [0.2, 0.25) is 5.95 Å². The van der Waals surface area contributed by atoms with Gasteiger partial charge in [0.15, 0.2) is 17.3 Å². The van der Waals surface area contributed by atoms with Crippen molar-refractivity contribution < 1.29 is 14.3 Å². The number of benzene rings is 1. The second-order valence-electron chi connectivity index (χ2n) is 6.34. The van der Waals surface area contributed by atoms with Crippen LogP contribution in [0, 0.1) is 0 Å². The summed E-state index contributed by atoms with van der Waals surface area (Å²) in [4.78, 5) is 12.8. The zero-order chi connectivity index (χ0) is 19.0. The fraction of sp³-hybridized carbons (Fsp3) is 0.444. The molecule has 142 valence electrons. The summed E-state index contributed by atoms with van der Waals surface area (Å²) in [5, 5.41) is 15.2. The number of Topliss-reactive ketones (excluding diaryl/α,β-unsaturated/α-hetero) is 1. The van der Waals surface area contributed by atoms with Crippen molar-refractivity contribution in [1.82, 2.24) is 20.2 Å². The lowest BCUT2D eigenvalue weighted by Gasteiger charge is -2.32. The quantitative estimate of drug-likeness (QED) is 0.773. The lowest BCUT2D eigenvalue weighted by molar-refractivity contribution is -0.116. The summed E-state index contributed by atoms with van der Waals surface area (Å²) in [6, 6.07) is 3.46. The Kier molecular flexibility index (Phi) is 4.86. The molecule has 1 atom stereocenters. The van der Waals surface area contributed by atoms with E-state index in [0.29, 0.717) is 37.1 Å². The number of hydrogen-bond donors (Lipinski definition) is 1. The minimum absolute atomic E-state index is 0.123. The molecule has 2 heterocycles. The van der Waals surface area contributed by atoms with E-state index in [1.807, 2.05) is 26.0 Å². The number of tetrazole rings is 1. The fourth-order valence-electron chi connectivity index (χ4n) is 3.62. The van der Waals surface area contributed by atoms with Gasteiger partial charge >= 0.3 is 0 Å². The molecule has 0 spiro atoms. The third kappa shape index (κ3) is 3.09. The van der Waals surface area contributed by atoms with Crippen molar-refractivity contribution >= 4 is 27.7 Å². The molecule has 2 aromatic rings. The largest absolute Gasteiger partial charge is 0.490 e. The first-order valence-corrected chi connectivity index (χ1v) is 9.83. The third-order valence-corrected chi connectivity index (χ3v) is 5.25. The number of allylic oxidation sites excluding steroid dienone is 2. The lowest BCUT2D eigenvalue weighted by atomic mass is 9.85. The summed E-state index contributed by atoms with van der Waals surface area (Å²) < 4.78 is 14.0. The van der Waals surface area contributed by atoms with Gasteiger partial charge in [0.25, 0.3) is 0 Å². The van der Waals surface area contributed by atoms with Crippen molar-refractivity contribution in [3.05, 3.63) is 33.4 Å². The topological polar surface area (TPSA) is 91.2 Å². The molecular weight excluding hydrogens is 414 g/mol. The zero-order valence-corrected chi connectivity index (χ0v) is 16.7. The number of anilines is 1. The number of carbonyl (C=O) groups excluding carboxylic acids is 1. The molecule has 9 heteroatoms. The van der Waals surface area contributed by atoms with Crippen LogP contribution < -0.4 is 14.8 Å². The van der Waals surface area contributed by atoms with Crippen molar-refractivity contribution in [2.45, 2.75) is 39.2 Å². The average molecular weight is 434 g/mol. The molecule has 1 aromatic carbocycles. The van der Waals surface area contributed by atoms with E-state index in [0.717, 1.165) is 34.1 Å². The Morgan fingerprint density at radius 1 is 1.26 bits per heavy atom. The number of carbonyl (C=O) groups is 1. The highest BCUT2D eigenvalue weighted by atomic mass is 79.9. The van der Waals surface area contributed by atoms with Crippen LogP contribution in [0.5, 0.6) is 11.5 Å². The predicted octanol–water partition coefficient (Wildman–Crippen LogP) is 3.26. The lowest BCUT2D eigenvalue weighted by Crippen LogP contribution is -2.31. The van der Waals surface area contributed by atoms with Gasteiger partial charge in [-0.05, 0) is 70.7 Å². The van der Waals surface area contributed by atoms with E-state index in [1.165, 1.54) is 0 Å². The van der Waals surface area contributed by atoms with Crippen LogP contribution >= 0.6 is 15.9 Å². The van der Waals surface area contributed by atoms with Crippen molar-refractivity contribution in [2.75, 3.05) is 18.5 Å². The van der Waals surface area contributed by atoms with Crippen LogP contribution in [0.2, 0.25) is 0 Å². The zero-order valence-electron chi connectivity index (χ0n) is 15.2. The molecule has 1 aromatic heterocycles. The number of hydrogen-bond acceptors (Lipinski definition) is 7. The van der Waals surface area contributed by atoms with Gasteiger partial charge in [-0.3, -0.25) is 4.79 Å². The van der Waals surface area contributed by atoms with Crippen LogP contribution in [0.25, 0.3) is 0 Å². The fourth-order valence-corrected chi connectivity index (χ4v) is 4.19. The highest BCUT2D eigenvalue weighted by Crippen LogP contribution is 2.44. The van der Waals surface area contributed by atoms with Crippen molar-refractivity contribution in [2.24, 2.45) is 0 Å². The molecule has 1 N–H and O–H groups in total. The summed E-state index contributed by atoms with van der Waals surface area (Å²) in [5.74, 6) is 1.94.